The molecule has 2 aromatic rings. The first-order valence-electron chi connectivity index (χ1n) is 7.04. The highest BCUT2D eigenvalue weighted by atomic mass is 32.2. The van der Waals surface area contributed by atoms with Crippen LogP contribution in [0, 0.1) is 5.92 Å². The molecule has 0 aromatic carbocycles. The molecule has 118 valence electrons. The molecule has 3 rings (SSSR count). The molecule has 8 nitrogen and oxygen atoms in total. The normalized spacial score (nSPS) is 20.1. The summed E-state index contributed by atoms with van der Waals surface area (Å²) in [5.74, 6) is 1.01. The van der Waals surface area contributed by atoms with Crippen LogP contribution in [0.5, 0.6) is 0 Å². The predicted molar refractivity (Wildman–Crippen MR) is 80.0 cm³/mol. The zero-order valence-corrected chi connectivity index (χ0v) is 12.7. The summed E-state index contributed by atoms with van der Waals surface area (Å²) in [6.07, 6.45) is 2.44. The maximum absolute atomic E-state index is 11.8. The average Bonchev–Trinajstić information content (AvgIpc) is 3.06. The van der Waals surface area contributed by atoms with Crippen molar-refractivity contribution in [1.29, 1.82) is 0 Å². The van der Waals surface area contributed by atoms with Crippen molar-refractivity contribution in [3.8, 4) is 0 Å². The molecule has 1 atom stereocenters. The van der Waals surface area contributed by atoms with Gasteiger partial charge in [0, 0.05) is 12.7 Å². The van der Waals surface area contributed by atoms with Crippen LogP contribution in [0.25, 0.3) is 5.65 Å². The molecule has 0 radical (unpaired) electrons. The van der Waals surface area contributed by atoms with E-state index in [0.29, 0.717) is 18.8 Å². The molecule has 0 aliphatic carbocycles. The maximum Gasteiger partial charge on any atom is 0.315 e. The third-order valence-corrected chi connectivity index (χ3v) is 5.51. The van der Waals surface area contributed by atoms with Gasteiger partial charge in [0.1, 0.15) is 0 Å². The summed E-state index contributed by atoms with van der Waals surface area (Å²) < 4.78 is 24.5. The van der Waals surface area contributed by atoms with Gasteiger partial charge < -0.3 is 10.6 Å². The number of carbonyl (C=O) groups is 1. The quantitative estimate of drug-likeness (QED) is 0.821. The number of urea groups is 1. The number of sulfone groups is 1. The van der Waals surface area contributed by atoms with Gasteiger partial charge in [-0.05, 0) is 24.5 Å². The van der Waals surface area contributed by atoms with E-state index in [-0.39, 0.29) is 30.0 Å². The zero-order chi connectivity index (χ0) is 15.6. The van der Waals surface area contributed by atoms with Crippen LogP contribution < -0.4 is 10.6 Å². The average molecular weight is 323 g/mol. The Morgan fingerprint density at radius 1 is 1.32 bits per heavy atom. The van der Waals surface area contributed by atoms with E-state index in [1.165, 1.54) is 0 Å². The smallest absolute Gasteiger partial charge is 0.315 e. The van der Waals surface area contributed by atoms with Gasteiger partial charge >= 0.3 is 6.03 Å². The molecule has 0 bridgehead atoms. The molecule has 9 heteroatoms. The lowest BCUT2D eigenvalue weighted by molar-refractivity contribution is 0.238. The van der Waals surface area contributed by atoms with Crippen LogP contribution in [0.1, 0.15) is 12.2 Å². The van der Waals surface area contributed by atoms with E-state index in [2.05, 4.69) is 20.8 Å². The fourth-order valence-corrected chi connectivity index (χ4v) is 4.37. The fraction of sp³-hybridized carbons (Fsp3) is 0.462. The summed E-state index contributed by atoms with van der Waals surface area (Å²) >= 11 is 0. The Kier molecular flexibility index (Phi) is 3.97. The molecule has 3 heterocycles. The Labute approximate surface area is 127 Å². The van der Waals surface area contributed by atoms with Gasteiger partial charge in [0.15, 0.2) is 21.3 Å². The Hall–Kier alpha value is -2.16. The lowest BCUT2D eigenvalue weighted by Gasteiger charge is -2.10. The van der Waals surface area contributed by atoms with Crippen LogP contribution >= 0.6 is 0 Å². The van der Waals surface area contributed by atoms with E-state index in [9.17, 15) is 13.2 Å². The van der Waals surface area contributed by atoms with Crippen molar-refractivity contribution in [3.05, 3.63) is 30.2 Å². The van der Waals surface area contributed by atoms with E-state index in [1.54, 1.807) is 4.40 Å². The third kappa shape index (κ3) is 3.35. The second kappa shape index (κ2) is 5.91. The van der Waals surface area contributed by atoms with Crippen LogP contribution in [-0.4, -0.2) is 47.1 Å². The van der Waals surface area contributed by atoms with Gasteiger partial charge in [0.2, 0.25) is 0 Å². The molecule has 1 aliphatic rings. The first-order valence-corrected chi connectivity index (χ1v) is 8.86. The number of pyridine rings is 1. The number of hydrogen-bond acceptors (Lipinski definition) is 5. The summed E-state index contributed by atoms with van der Waals surface area (Å²) in [4.78, 5) is 11.8. The summed E-state index contributed by atoms with van der Waals surface area (Å²) in [6.45, 7) is 0.617. The number of nitrogens with zero attached hydrogens (tertiary/aromatic N) is 3. The first kappa shape index (κ1) is 14.8. The van der Waals surface area contributed by atoms with Crippen LogP contribution in [0.2, 0.25) is 0 Å². The standard InChI is InChI=1S/C13H17N5O3S/c19-13(14-7-10-4-6-22(20,21)9-10)15-8-12-17-16-11-3-1-2-5-18(11)12/h1-3,5,10H,4,6-9H2,(H2,14,15,19)/t10-/m0/s1. The number of rotatable bonds is 4. The molecule has 2 aromatic heterocycles. The Morgan fingerprint density at radius 3 is 2.95 bits per heavy atom. The van der Waals surface area contributed by atoms with Crippen LogP contribution in [0.4, 0.5) is 4.79 Å². The molecule has 1 fully saturated rings. The van der Waals surface area contributed by atoms with Gasteiger partial charge in [-0.15, -0.1) is 10.2 Å². The van der Waals surface area contributed by atoms with E-state index in [0.717, 1.165) is 5.65 Å². The van der Waals surface area contributed by atoms with Crippen LogP contribution in [-0.2, 0) is 16.4 Å². The molecule has 1 aliphatic heterocycles. The van der Waals surface area contributed by atoms with E-state index < -0.39 is 9.84 Å². The van der Waals surface area contributed by atoms with Crippen molar-refractivity contribution < 1.29 is 13.2 Å². The summed E-state index contributed by atoms with van der Waals surface area (Å²) in [5.41, 5.74) is 0.718. The highest BCUT2D eigenvalue weighted by molar-refractivity contribution is 7.91. The minimum absolute atomic E-state index is 0.00433. The topological polar surface area (TPSA) is 105 Å². The van der Waals surface area contributed by atoms with Gasteiger partial charge in [-0.25, -0.2) is 13.2 Å². The molecule has 0 saturated carbocycles. The van der Waals surface area contributed by atoms with E-state index >= 15 is 0 Å². The molecular formula is C13H17N5O3S. The van der Waals surface area contributed by atoms with Crippen LogP contribution in [0.3, 0.4) is 0 Å². The summed E-state index contributed by atoms with van der Waals surface area (Å²) in [7, 11) is -2.91. The Balaban J connectivity index is 1.48. The lowest BCUT2D eigenvalue weighted by atomic mass is 10.1. The van der Waals surface area contributed by atoms with Crippen molar-refractivity contribution >= 4 is 21.5 Å². The number of aromatic nitrogens is 3. The number of nitrogens with one attached hydrogen (secondary N) is 2. The van der Waals surface area contributed by atoms with Gasteiger partial charge in [0.25, 0.3) is 0 Å². The first-order chi connectivity index (χ1) is 10.5. The zero-order valence-electron chi connectivity index (χ0n) is 11.9. The highest BCUT2D eigenvalue weighted by Crippen LogP contribution is 2.17. The number of amides is 2. The third-order valence-electron chi connectivity index (χ3n) is 3.67. The van der Waals surface area contributed by atoms with Crippen molar-refractivity contribution in [1.82, 2.24) is 25.2 Å². The highest BCUT2D eigenvalue weighted by Gasteiger charge is 2.27. The van der Waals surface area contributed by atoms with E-state index in [1.807, 2.05) is 24.4 Å². The molecule has 0 unspecified atom stereocenters. The molecule has 1 saturated heterocycles. The van der Waals surface area contributed by atoms with Gasteiger partial charge in [-0.2, -0.15) is 0 Å². The Morgan fingerprint density at radius 2 is 2.18 bits per heavy atom. The second-order valence-electron chi connectivity index (χ2n) is 5.38. The SMILES string of the molecule is O=C(NCc1nnc2ccccn12)NC[C@@H]1CCS(=O)(=O)C1. The summed E-state index contributed by atoms with van der Waals surface area (Å²) in [5, 5.41) is 13.4. The van der Waals surface area contributed by atoms with E-state index in [4.69, 9.17) is 0 Å². The minimum atomic E-state index is -2.91. The molecule has 0 spiro atoms. The fourth-order valence-electron chi connectivity index (χ4n) is 2.50. The Bertz CT molecular complexity index is 786. The predicted octanol–water partition coefficient (Wildman–Crippen LogP) is -0.0368. The van der Waals surface area contributed by atoms with Crippen molar-refractivity contribution in [2.75, 3.05) is 18.1 Å². The number of carbonyl (C=O) groups excluding carboxylic acids is 1. The monoisotopic (exact) mass is 323 g/mol. The molecular weight excluding hydrogens is 306 g/mol. The maximum atomic E-state index is 11.8. The van der Waals surface area contributed by atoms with Crippen LogP contribution in [0.15, 0.2) is 24.4 Å². The molecule has 2 amide bonds. The number of fused-ring (bicyclic) bond motifs is 1. The number of hydrogen-bond donors (Lipinski definition) is 2. The van der Waals surface area contributed by atoms with Crippen molar-refractivity contribution in [2.45, 2.75) is 13.0 Å². The molecule has 22 heavy (non-hydrogen) atoms. The minimum Gasteiger partial charge on any atom is -0.338 e. The second-order valence-corrected chi connectivity index (χ2v) is 7.61. The molecule has 2 N–H and O–H groups in total. The van der Waals surface area contributed by atoms with Crippen molar-refractivity contribution in [2.24, 2.45) is 5.92 Å². The lowest BCUT2D eigenvalue weighted by Crippen LogP contribution is -2.38. The van der Waals surface area contributed by atoms with Gasteiger partial charge in [0.05, 0.1) is 18.1 Å². The summed E-state index contributed by atoms with van der Waals surface area (Å²) in [6, 6.07) is 5.22. The largest absolute Gasteiger partial charge is 0.338 e. The van der Waals surface area contributed by atoms with Gasteiger partial charge in [-0.3, -0.25) is 4.40 Å². The van der Waals surface area contributed by atoms with Crippen molar-refractivity contribution in [3.63, 3.8) is 0 Å². The van der Waals surface area contributed by atoms with Gasteiger partial charge in [-0.1, -0.05) is 6.07 Å².